The van der Waals surface area contributed by atoms with Crippen molar-refractivity contribution in [2.45, 2.75) is 68.9 Å². The first-order valence-corrected chi connectivity index (χ1v) is 16.7. The summed E-state index contributed by atoms with van der Waals surface area (Å²) in [4.78, 5) is 59.6. The predicted octanol–water partition coefficient (Wildman–Crippen LogP) is 3.12. The molecule has 4 heterocycles. The summed E-state index contributed by atoms with van der Waals surface area (Å²) in [6.45, 7) is 2.34. The number of allylic oxidation sites excluding steroid dienone is 1. The number of nitrogens with zero attached hydrogens (tertiary/aromatic N) is 2. The number of hydrogen-bond donors (Lipinski definition) is 2. The van der Waals surface area contributed by atoms with E-state index in [1.165, 1.54) is 4.90 Å². The minimum Gasteiger partial charge on any atom is -0.463 e. The fraction of sp³-hybridized carbons (Fsp3) is 0.459. The number of unbranched alkanes of at least 4 members (excludes halogenated alkanes) is 1. The lowest BCUT2D eigenvalue weighted by Crippen LogP contribution is -2.59. The number of ether oxygens (including phenoxy) is 2. The molecule has 0 aliphatic carbocycles. The van der Waals surface area contributed by atoms with Crippen LogP contribution in [0.25, 0.3) is 0 Å². The zero-order valence-corrected chi connectivity index (χ0v) is 26.7. The molecule has 0 saturated carbocycles. The number of fused-ring (bicyclic) bond motifs is 2. The number of aliphatic hydroxyl groups is 1. The van der Waals surface area contributed by atoms with Gasteiger partial charge in [-0.2, -0.15) is 0 Å². The first-order valence-electron chi connectivity index (χ1n) is 16.7. The third kappa shape index (κ3) is 6.36. The average molecular weight is 642 g/mol. The highest BCUT2D eigenvalue weighted by Crippen LogP contribution is 2.56. The van der Waals surface area contributed by atoms with E-state index in [1.54, 1.807) is 17.1 Å². The molecule has 0 aromatic heterocycles. The zero-order valence-electron chi connectivity index (χ0n) is 26.7. The number of amides is 3. The maximum atomic E-state index is 14.8. The molecule has 10 heteroatoms. The van der Waals surface area contributed by atoms with E-state index in [9.17, 15) is 24.3 Å². The van der Waals surface area contributed by atoms with Crippen molar-refractivity contribution >= 4 is 23.7 Å². The maximum Gasteiger partial charge on any atom is 0.306 e. The van der Waals surface area contributed by atoms with Crippen molar-refractivity contribution in [3.63, 3.8) is 0 Å². The molecule has 3 amide bonds. The van der Waals surface area contributed by atoms with Gasteiger partial charge in [-0.05, 0) is 30.4 Å². The Bertz CT molecular complexity index is 1510. The Labute approximate surface area is 275 Å². The maximum absolute atomic E-state index is 14.8. The normalized spacial score (nSPS) is 30.6. The summed E-state index contributed by atoms with van der Waals surface area (Å²) >= 11 is 0. The van der Waals surface area contributed by atoms with E-state index < -0.39 is 53.5 Å². The van der Waals surface area contributed by atoms with Gasteiger partial charge in [-0.3, -0.25) is 19.2 Å². The first-order chi connectivity index (χ1) is 22.9. The molecule has 2 N–H and O–H groups in total. The van der Waals surface area contributed by atoms with Crippen molar-refractivity contribution in [3.05, 3.63) is 96.1 Å². The number of nitrogens with one attached hydrogen (secondary N) is 1. The van der Waals surface area contributed by atoms with E-state index in [1.807, 2.05) is 79.7 Å². The van der Waals surface area contributed by atoms with Gasteiger partial charge in [0.2, 0.25) is 17.7 Å². The number of hydrogen-bond acceptors (Lipinski definition) is 7. The van der Waals surface area contributed by atoms with Crippen LogP contribution in [0, 0.1) is 11.8 Å². The Kier molecular flexibility index (Phi) is 9.89. The second-order valence-electron chi connectivity index (χ2n) is 12.8. The summed E-state index contributed by atoms with van der Waals surface area (Å²) in [5.41, 5.74) is 0.292. The van der Waals surface area contributed by atoms with Crippen molar-refractivity contribution in [1.29, 1.82) is 0 Å². The second-order valence-corrected chi connectivity index (χ2v) is 12.8. The Morgan fingerprint density at radius 2 is 1.74 bits per heavy atom. The van der Waals surface area contributed by atoms with E-state index in [0.717, 1.165) is 24.0 Å². The van der Waals surface area contributed by atoms with Crippen molar-refractivity contribution < 1.29 is 33.8 Å². The van der Waals surface area contributed by atoms with Gasteiger partial charge in [-0.25, -0.2) is 0 Å². The lowest BCUT2D eigenvalue weighted by atomic mass is 9.74. The molecule has 4 aliphatic rings. The van der Waals surface area contributed by atoms with Crippen LogP contribution < -0.4 is 5.32 Å². The molecule has 2 aromatic carbocycles. The van der Waals surface area contributed by atoms with Crippen LogP contribution in [0.15, 0.2) is 85.0 Å². The number of carbonyl (C=O) groups excluding carboxylic acids is 4. The summed E-state index contributed by atoms with van der Waals surface area (Å²) in [5.74, 6) is -3.39. The fourth-order valence-corrected chi connectivity index (χ4v) is 7.47. The molecule has 248 valence electrons. The van der Waals surface area contributed by atoms with Gasteiger partial charge in [0.05, 0.1) is 36.6 Å². The van der Waals surface area contributed by atoms with Crippen LogP contribution in [0.5, 0.6) is 0 Å². The van der Waals surface area contributed by atoms with Crippen LogP contribution in [0.1, 0.15) is 49.8 Å². The minimum absolute atomic E-state index is 0.0716. The lowest BCUT2D eigenvalue weighted by molar-refractivity contribution is -0.150. The average Bonchev–Trinajstić information content (AvgIpc) is 3.74. The molecule has 2 fully saturated rings. The summed E-state index contributed by atoms with van der Waals surface area (Å²) in [5, 5.41) is 13.8. The topological polar surface area (TPSA) is 125 Å². The number of rotatable bonds is 8. The van der Waals surface area contributed by atoms with Crippen LogP contribution in [-0.4, -0.2) is 88.7 Å². The van der Waals surface area contributed by atoms with Gasteiger partial charge < -0.3 is 29.7 Å². The Hall–Kier alpha value is -4.28. The smallest absolute Gasteiger partial charge is 0.306 e. The largest absolute Gasteiger partial charge is 0.463 e. The van der Waals surface area contributed by atoms with Crippen LogP contribution >= 0.6 is 0 Å². The van der Waals surface area contributed by atoms with E-state index in [0.29, 0.717) is 19.4 Å². The molecule has 2 saturated heterocycles. The highest BCUT2D eigenvalue weighted by atomic mass is 16.5. The Morgan fingerprint density at radius 1 is 1.00 bits per heavy atom. The monoisotopic (exact) mass is 641 g/mol. The Morgan fingerprint density at radius 3 is 2.47 bits per heavy atom. The number of esters is 1. The van der Waals surface area contributed by atoms with Gasteiger partial charge in [0, 0.05) is 19.5 Å². The quantitative estimate of drug-likeness (QED) is 0.335. The van der Waals surface area contributed by atoms with Gasteiger partial charge in [0.1, 0.15) is 18.2 Å². The van der Waals surface area contributed by atoms with E-state index in [2.05, 4.69) is 5.32 Å². The summed E-state index contributed by atoms with van der Waals surface area (Å²) in [6, 6.07) is 16.3. The third-order valence-electron chi connectivity index (χ3n) is 9.80. The van der Waals surface area contributed by atoms with E-state index >= 15 is 0 Å². The molecule has 7 atom stereocenters. The third-order valence-corrected chi connectivity index (χ3v) is 9.80. The lowest BCUT2D eigenvalue weighted by Gasteiger charge is -2.39. The molecule has 0 unspecified atom stereocenters. The first kappa shape index (κ1) is 32.7. The van der Waals surface area contributed by atoms with Gasteiger partial charge >= 0.3 is 5.97 Å². The van der Waals surface area contributed by atoms with E-state index in [-0.39, 0.29) is 38.0 Å². The molecule has 5 bridgehead atoms. The van der Waals surface area contributed by atoms with Gasteiger partial charge in [0.25, 0.3) is 0 Å². The van der Waals surface area contributed by atoms with Crippen molar-refractivity contribution in [2.24, 2.45) is 11.8 Å². The summed E-state index contributed by atoms with van der Waals surface area (Å²) in [6.07, 6.45) is 9.11. The number of carbonyl (C=O) groups is 4. The van der Waals surface area contributed by atoms with Crippen molar-refractivity contribution in [2.75, 3.05) is 26.3 Å². The van der Waals surface area contributed by atoms with E-state index in [4.69, 9.17) is 9.47 Å². The van der Waals surface area contributed by atoms with Crippen LogP contribution in [0.4, 0.5) is 0 Å². The van der Waals surface area contributed by atoms with Crippen LogP contribution in [0.3, 0.4) is 0 Å². The molecule has 10 nitrogen and oxygen atoms in total. The highest BCUT2D eigenvalue weighted by molar-refractivity contribution is 6.00. The number of likely N-dealkylation sites (tertiary alicyclic amines) is 1. The van der Waals surface area contributed by atoms with Gasteiger partial charge in [-0.1, -0.05) is 98.3 Å². The highest BCUT2D eigenvalue weighted by Gasteiger charge is 2.73. The van der Waals surface area contributed by atoms with Crippen molar-refractivity contribution in [3.8, 4) is 0 Å². The zero-order chi connectivity index (χ0) is 33.0. The summed E-state index contributed by atoms with van der Waals surface area (Å²) < 4.78 is 12.2. The van der Waals surface area contributed by atoms with Crippen LogP contribution in [0.2, 0.25) is 0 Å². The standard InChI is InChI=1S/C37H43N3O7/c1-2-3-20-39-21-12-6-11-17-30(42)46-24-28(26-15-9-5-10-16-26)38-34(43)31-29-18-19-37(47-29)32(31)35(44)40(33(37)36(39)45)27(23-41)22-25-13-7-4-8-14-25/h4-10,12-16,18-19,27-29,31-33,41H,2-3,11,17,20-24H2,1H3,(H,38,43)/b12-6-/t27-,28+,29+,31-,32-,33+,37-/m1/s1. The number of benzene rings is 2. The van der Waals surface area contributed by atoms with Gasteiger partial charge in [-0.15, -0.1) is 0 Å². The molecule has 6 rings (SSSR count). The summed E-state index contributed by atoms with van der Waals surface area (Å²) in [7, 11) is 0. The van der Waals surface area contributed by atoms with Crippen molar-refractivity contribution in [1.82, 2.24) is 15.1 Å². The molecule has 2 aromatic rings. The number of cyclic esters (lactones) is 1. The van der Waals surface area contributed by atoms with Crippen LogP contribution in [-0.2, 0) is 35.1 Å². The fourth-order valence-electron chi connectivity index (χ4n) is 7.47. The molecular formula is C37H43N3O7. The Balaban J connectivity index is 1.42. The number of aliphatic hydroxyl groups excluding tert-OH is 1. The molecule has 47 heavy (non-hydrogen) atoms. The molecule has 1 spiro atoms. The predicted molar refractivity (Wildman–Crippen MR) is 174 cm³/mol. The van der Waals surface area contributed by atoms with Gasteiger partial charge in [0.15, 0.2) is 0 Å². The SMILES string of the molecule is CCCCN1C/C=C\CCC(=O)OC[C@@H](c2ccccc2)NC(=O)[C@@H]2[C@@H]3C=C[C@]4(O3)[C@H](C1=O)N([C@@H](CO)Cc1ccccc1)C(=O)[C@@H]24. The molecule has 4 aliphatic heterocycles. The molecule has 0 radical (unpaired) electrons. The second kappa shape index (κ2) is 14.2. The molecular weight excluding hydrogens is 598 g/mol. The minimum atomic E-state index is -1.37.